The average Bonchev–Trinajstić information content (AvgIpc) is 2.95. The molecular formula is C32H20N4. The molecule has 0 radical (unpaired) electrons. The summed E-state index contributed by atoms with van der Waals surface area (Å²) < 4.78 is 0. The van der Waals surface area contributed by atoms with Crippen molar-refractivity contribution >= 4 is 32.3 Å². The van der Waals surface area contributed by atoms with Crippen molar-refractivity contribution in [1.29, 1.82) is 0 Å². The van der Waals surface area contributed by atoms with E-state index in [1.165, 1.54) is 32.3 Å². The largest absolute Gasteiger partial charge is 0.261 e. The van der Waals surface area contributed by atoms with E-state index in [0.717, 1.165) is 22.5 Å². The Morgan fingerprint density at radius 2 is 0.972 bits per heavy atom. The molecule has 0 unspecified atom stereocenters. The molecule has 0 aliphatic heterocycles. The van der Waals surface area contributed by atoms with E-state index in [9.17, 15) is 0 Å². The number of aromatic nitrogens is 4. The Morgan fingerprint density at radius 1 is 0.417 bits per heavy atom. The van der Waals surface area contributed by atoms with Crippen LogP contribution in [0.4, 0.5) is 0 Å². The van der Waals surface area contributed by atoms with Gasteiger partial charge in [-0.25, -0.2) is 15.0 Å². The van der Waals surface area contributed by atoms with Gasteiger partial charge in [0.15, 0.2) is 5.82 Å². The molecule has 0 aliphatic rings. The summed E-state index contributed by atoms with van der Waals surface area (Å²) in [7, 11) is 0. The van der Waals surface area contributed by atoms with Gasteiger partial charge in [0.2, 0.25) is 0 Å². The lowest BCUT2D eigenvalue weighted by Gasteiger charge is -2.10. The van der Waals surface area contributed by atoms with Crippen molar-refractivity contribution in [1.82, 2.24) is 19.9 Å². The monoisotopic (exact) mass is 460 g/mol. The topological polar surface area (TPSA) is 51.6 Å². The second-order valence-corrected chi connectivity index (χ2v) is 8.88. The molecule has 2 heterocycles. The second kappa shape index (κ2) is 8.36. The van der Waals surface area contributed by atoms with E-state index >= 15 is 0 Å². The maximum atomic E-state index is 4.92. The highest BCUT2D eigenvalue weighted by Crippen LogP contribution is 2.31. The molecule has 7 aromatic rings. The molecule has 7 rings (SSSR count). The SMILES string of the molecule is c1ccc2cc(-c3cc(-c4ccc5cc6ccccc6cc5c4)nc(-c4cnccn4)n3)ccc2c1. The molecule has 0 spiro atoms. The minimum atomic E-state index is 0.558. The lowest BCUT2D eigenvalue weighted by molar-refractivity contribution is 1.12. The normalized spacial score (nSPS) is 11.3. The summed E-state index contributed by atoms with van der Waals surface area (Å²) in [5.41, 5.74) is 4.42. The molecule has 0 atom stereocenters. The summed E-state index contributed by atoms with van der Waals surface area (Å²) in [5, 5.41) is 7.22. The van der Waals surface area contributed by atoms with Crippen molar-refractivity contribution in [2.45, 2.75) is 0 Å². The fourth-order valence-electron chi connectivity index (χ4n) is 4.72. The number of hydrogen-bond donors (Lipinski definition) is 0. The molecule has 168 valence electrons. The zero-order chi connectivity index (χ0) is 23.9. The third kappa shape index (κ3) is 3.65. The van der Waals surface area contributed by atoms with Crippen molar-refractivity contribution in [2.24, 2.45) is 0 Å². The van der Waals surface area contributed by atoms with Gasteiger partial charge in [-0.3, -0.25) is 4.98 Å². The summed E-state index contributed by atoms with van der Waals surface area (Å²) in [6, 6.07) is 36.3. The first-order valence-electron chi connectivity index (χ1n) is 11.9. The van der Waals surface area contributed by atoms with Gasteiger partial charge in [-0.05, 0) is 62.6 Å². The lowest BCUT2D eigenvalue weighted by Crippen LogP contribution is -1.97. The predicted octanol–water partition coefficient (Wildman–Crippen LogP) is 7.73. The quantitative estimate of drug-likeness (QED) is 0.253. The lowest BCUT2D eigenvalue weighted by atomic mass is 9.99. The molecule has 0 saturated carbocycles. The molecule has 0 N–H and O–H groups in total. The van der Waals surface area contributed by atoms with Gasteiger partial charge in [0, 0.05) is 23.5 Å². The van der Waals surface area contributed by atoms with Gasteiger partial charge < -0.3 is 0 Å². The molecule has 5 aromatic carbocycles. The summed E-state index contributed by atoms with van der Waals surface area (Å²) in [6.07, 6.45) is 5.03. The summed E-state index contributed by atoms with van der Waals surface area (Å²) in [6.45, 7) is 0. The molecule has 36 heavy (non-hydrogen) atoms. The zero-order valence-electron chi connectivity index (χ0n) is 19.3. The van der Waals surface area contributed by atoms with Gasteiger partial charge in [0.1, 0.15) is 5.69 Å². The van der Waals surface area contributed by atoms with Gasteiger partial charge in [0.05, 0.1) is 17.6 Å². The number of nitrogens with zero attached hydrogens (tertiary/aromatic N) is 4. The Morgan fingerprint density at radius 3 is 1.64 bits per heavy atom. The summed E-state index contributed by atoms with van der Waals surface area (Å²) in [5.74, 6) is 0.558. The first kappa shape index (κ1) is 20.4. The van der Waals surface area contributed by atoms with Gasteiger partial charge in [-0.1, -0.05) is 72.8 Å². The van der Waals surface area contributed by atoms with E-state index in [-0.39, 0.29) is 0 Å². The smallest absolute Gasteiger partial charge is 0.180 e. The minimum absolute atomic E-state index is 0.558. The van der Waals surface area contributed by atoms with Gasteiger partial charge in [0.25, 0.3) is 0 Å². The molecule has 2 aromatic heterocycles. The first-order valence-corrected chi connectivity index (χ1v) is 11.9. The van der Waals surface area contributed by atoms with E-state index in [2.05, 4.69) is 113 Å². The van der Waals surface area contributed by atoms with Crippen molar-refractivity contribution < 1.29 is 0 Å². The standard InChI is InChI=1S/C32H20N4/c1-2-6-22-16-26(11-9-21(22)5-1)29-19-30(36-32(35-29)31-20-33-13-14-34-31)27-12-10-25-15-23-7-3-4-8-24(23)17-28(25)18-27/h1-20H. The highest BCUT2D eigenvalue weighted by atomic mass is 14.9. The van der Waals surface area contributed by atoms with Crippen LogP contribution in [0.2, 0.25) is 0 Å². The fourth-order valence-corrected chi connectivity index (χ4v) is 4.72. The third-order valence-electron chi connectivity index (χ3n) is 6.56. The molecule has 4 heteroatoms. The van der Waals surface area contributed by atoms with Gasteiger partial charge in [-0.2, -0.15) is 0 Å². The Kier molecular flexibility index (Phi) is 4.74. The number of rotatable bonds is 3. The maximum absolute atomic E-state index is 4.92. The Balaban J connectivity index is 1.43. The number of benzene rings is 5. The van der Waals surface area contributed by atoms with Crippen LogP contribution in [-0.2, 0) is 0 Å². The molecule has 0 saturated heterocycles. The molecule has 0 bridgehead atoms. The van der Waals surface area contributed by atoms with E-state index in [1.807, 2.05) is 0 Å². The molecule has 0 aliphatic carbocycles. The van der Waals surface area contributed by atoms with E-state index in [4.69, 9.17) is 9.97 Å². The van der Waals surface area contributed by atoms with Crippen LogP contribution in [0.1, 0.15) is 0 Å². The van der Waals surface area contributed by atoms with Crippen molar-refractivity contribution in [3.8, 4) is 34.0 Å². The van der Waals surface area contributed by atoms with E-state index in [1.54, 1.807) is 18.6 Å². The fraction of sp³-hybridized carbons (Fsp3) is 0. The number of hydrogen-bond acceptors (Lipinski definition) is 4. The van der Waals surface area contributed by atoms with Crippen LogP contribution in [0.3, 0.4) is 0 Å². The molecule has 0 amide bonds. The number of fused-ring (bicyclic) bond motifs is 3. The Labute approximate surface area is 208 Å². The van der Waals surface area contributed by atoms with Crippen LogP contribution in [0, 0.1) is 0 Å². The molecule has 0 fully saturated rings. The Bertz CT molecular complexity index is 1890. The predicted molar refractivity (Wildman–Crippen MR) is 146 cm³/mol. The van der Waals surface area contributed by atoms with Crippen LogP contribution >= 0.6 is 0 Å². The average molecular weight is 461 g/mol. The second-order valence-electron chi connectivity index (χ2n) is 8.88. The minimum Gasteiger partial charge on any atom is -0.261 e. The Hall–Kier alpha value is -4.96. The van der Waals surface area contributed by atoms with Gasteiger partial charge in [-0.15, -0.1) is 0 Å². The van der Waals surface area contributed by atoms with Crippen LogP contribution in [-0.4, -0.2) is 19.9 Å². The van der Waals surface area contributed by atoms with Crippen molar-refractivity contribution in [3.05, 3.63) is 122 Å². The zero-order valence-corrected chi connectivity index (χ0v) is 19.3. The highest BCUT2D eigenvalue weighted by Gasteiger charge is 2.13. The van der Waals surface area contributed by atoms with Gasteiger partial charge >= 0.3 is 0 Å². The molecular weight excluding hydrogens is 440 g/mol. The van der Waals surface area contributed by atoms with Crippen molar-refractivity contribution in [2.75, 3.05) is 0 Å². The van der Waals surface area contributed by atoms with Crippen LogP contribution in [0.5, 0.6) is 0 Å². The first-order chi connectivity index (χ1) is 17.8. The van der Waals surface area contributed by atoms with Crippen LogP contribution < -0.4 is 0 Å². The third-order valence-corrected chi connectivity index (χ3v) is 6.56. The van der Waals surface area contributed by atoms with Crippen LogP contribution in [0.25, 0.3) is 66.4 Å². The summed E-state index contributed by atoms with van der Waals surface area (Å²) in [4.78, 5) is 18.5. The maximum Gasteiger partial charge on any atom is 0.180 e. The molecule has 4 nitrogen and oxygen atoms in total. The van der Waals surface area contributed by atoms with Crippen molar-refractivity contribution in [3.63, 3.8) is 0 Å². The summed E-state index contributed by atoms with van der Waals surface area (Å²) >= 11 is 0. The van der Waals surface area contributed by atoms with Crippen LogP contribution in [0.15, 0.2) is 122 Å². The van der Waals surface area contributed by atoms with E-state index < -0.39 is 0 Å². The highest BCUT2D eigenvalue weighted by molar-refractivity contribution is 5.99. The van der Waals surface area contributed by atoms with E-state index in [0.29, 0.717) is 11.5 Å².